The van der Waals surface area contributed by atoms with Crippen LogP contribution in [0.4, 0.5) is 13.2 Å². The number of carbonyl (C=O) groups is 2. The first-order valence-corrected chi connectivity index (χ1v) is 12.7. The van der Waals surface area contributed by atoms with E-state index in [1.54, 1.807) is 0 Å². The van der Waals surface area contributed by atoms with Gasteiger partial charge in [0, 0.05) is 28.4 Å². The Morgan fingerprint density at radius 3 is 2.45 bits per heavy atom. The monoisotopic (exact) mass is 472 g/mol. The molecular weight excluding hydrogens is 449 g/mol. The molecule has 9 heteroatoms. The van der Waals surface area contributed by atoms with Gasteiger partial charge in [-0.3, -0.25) is 9.59 Å². The molecule has 1 saturated carbocycles. The Hall–Kier alpha value is -1.87. The van der Waals surface area contributed by atoms with Crippen molar-refractivity contribution in [1.29, 1.82) is 0 Å². The molecule has 0 radical (unpaired) electrons. The van der Waals surface area contributed by atoms with Crippen LogP contribution >= 0.6 is 11.8 Å². The molecule has 31 heavy (non-hydrogen) atoms. The van der Waals surface area contributed by atoms with Crippen LogP contribution in [0.2, 0.25) is 0 Å². The molecular formula is C22H23F3O4S2. The molecule has 1 aromatic rings. The average molecular weight is 473 g/mol. The van der Waals surface area contributed by atoms with Crippen molar-refractivity contribution < 1.29 is 31.2 Å². The molecule has 0 saturated heterocycles. The summed E-state index contributed by atoms with van der Waals surface area (Å²) in [6.45, 7) is 5.72. The Labute approximate surface area is 183 Å². The number of hydrogen-bond donors (Lipinski definition) is 0. The second-order valence-corrected chi connectivity index (χ2v) is 11.3. The molecule has 0 amide bonds. The van der Waals surface area contributed by atoms with Crippen LogP contribution in [0.3, 0.4) is 0 Å². The lowest BCUT2D eigenvalue weighted by molar-refractivity contribution is -0.137. The third-order valence-corrected chi connectivity index (χ3v) is 8.03. The summed E-state index contributed by atoms with van der Waals surface area (Å²) in [5.74, 6) is -0.801. The first-order valence-electron chi connectivity index (χ1n) is 9.82. The van der Waals surface area contributed by atoms with Gasteiger partial charge in [0.1, 0.15) is 0 Å². The molecule has 0 heterocycles. The highest BCUT2D eigenvalue weighted by Crippen LogP contribution is 2.48. The van der Waals surface area contributed by atoms with Crippen LogP contribution in [-0.4, -0.2) is 32.0 Å². The third-order valence-electron chi connectivity index (χ3n) is 5.63. The molecule has 1 aromatic carbocycles. The van der Waals surface area contributed by atoms with E-state index in [4.69, 9.17) is 0 Å². The van der Waals surface area contributed by atoms with Gasteiger partial charge in [0.15, 0.2) is 21.4 Å². The standard InChI is InChI=1S/C22H23F3O4S2/c1-12(2)8-9-30-21-14-5-4-13(10-14)19(26)18(21)20(27)16-7-6-15(22(23,24)25)11-17(16)31(3,28)29/h6-7,11,13-14H,1,4-5,8-10H2,2-3H3. The largest absolute Gasteiger partial charge is 0.416 e. The molecule has 4 nitrogen and oxygen atoms in total. The van der Waals surface area contributed by atoms with E-state index in [9.17, 15) is 31.2 Å². The van der Waals surface area contributed by atoms with E-state index in [-0.39, 0.29) is 23.2 Å². The number of hydrogen-bond acceptors (Lipinski definition) is 5. The number of rotatable bonds is 7. The number of alkyl halides is 3. The Balaban J connectivity index is 2.12. The Morgan fingerprint density at radius 1 is 1.23 bits per heavy atom. The highest BCUT2D eigenvalue weighted by atomic mass is 32.2. The number of ketones is 2. The predicted molar refractivity (Wildman–Crippen MR) is 114 cm³/mol. The SMILES string of the molecule is C=C(C)CCSC1=C(C(=O)c2ccc(C(F)(F)F)cc2S(C)(=O)=O)C(=O)C2CCC1C2. The fraction of sp³-hybridized carbons (Fsp3) is 0.455. The summed E-state index contributed by atoms with van der Waals surface area (Å²) in [6, 6.07) is 2.02. The molecule has 3 rings (SSSR count). The van der Waals surface area contributed by atoms with Gasteiger partial charge < -0.3 is 0 Å². The van der Waals surface area contributed by atoms with Gasteiger partial charge in [-0.1, -0.05) is 5.57 Å². The molecule has 2 atom stereocenters. The second kappa shape index (κ2) is 8.58. The lowest BCUT2D eigenvalue weighted by Gasteiger charge is -2.25. The lowest BCUT2D eigenvalue weighted by Crippen LogP contribution is -2.27. The second-order valence-electron chi connectivity index (χ2n) is 8.18. The van der Waals surface area contributed by atoms with E-state index in [0.717, 1.165) is 24.3 Å². The van der Waals surface area contributed by atoms with E-state index in [1.807, 2.05) is 6.92 Å². The summed E-state index contributed by atoms with van der Waals surface area (Å²) >= 11 is 1.39. The van der Waals surface area contributed by atoms with E-state index in [0.29, 0.717) is 42.1 Å². The summed E-state index contributed by atoms with van der Waals surface area (Å²) in [7, 11) is -4.15. The van der Waals surface area contributed by atoms with Crippen molar-refractivity contribution in [1.82, 2.24) is 0 Å². The zero-order chi connectivity index (χ0) is 23.1. The molecule has 0 aromatic heterocycles. The number of allylic oxidation sites excluding steroid dienone is 3. The van der Waals surface area contributed by atoms with Crippen molar-refractivity contribution >= 4 is 33.2 Å². The molecule has 2 unspecified atom stereocenters. The molecule has 1 fully saturated rings. The first-order chi connectivity index (χ1) is 14.3. The van der Waals surface area contributed by atoms with Gasteiger partial charge in [-0.15, -0.1) is 18.3 Å². The summed E-state index contributed by atoms with van der Waals surface area (Å²) < 4.78 is 63.9. The van der Waals surface area contributed by atoms with Crippen molar-refractivity contribution in [3.05, 3.63) is 52.0 Å². The van der Waals surface area contributed by atoms with Crippen LogP contribution in [0.25, 0.3) is 0 Å². The zero-order valence-electron chi connectivity index (χ0n) is 17.2. The van der Waals surface area contributed by atoms with E-state index < -0.39 is 37.8 Å². The van der Waals surface area contributed by atoms with E-state index >= 15 is 0 Å². The zero-order valence-corrected chi connectivity index (χ0v) is 18.8. The summed E-state index contributed by atoms with van der Waals surface area (Å²) in [6.07, 6.45) is -1.26. The maximum Gasteiger partial charge on any atom is 0.416 e. The topological polar surface area (TPSA) is 68.3 Å². The smallest absolute Gasteiger partial charge is 0.294 e. The Kier molecular flexibility index (Phi) is 6.58. The van der Waals surface area contributed by atoms with E-state index in [2.05, 4.69) is 6.58 Å². The van der Waals surface area contributed by atoms with Crippen LogP contribution in [0.1, 0.15) is 48.5 Å². The lowest BCUT2D eigenvalue weighted by atomic mass is 9.84. The minimum atomic E-state index is -4.76. The third kappa shape index (κ3) is 4.98. The van der Waals surface area contributed by atoms with Gasteiger partial charge in [0.2, 0.25) is 0 Å². The molecule has 0 N–H and O–H groups in total. The van der Waals surface area contributed by atoms with Crippen molar-refractivity contribution in [2.24, 2.45) is 11.8 Å². The minimum Gasteiger partial charge on any atom is -0.294 e. The quantitative estimate of drug-likeness (QED) is 0.308. The Morgan fingerprint density at radius 2 is 1.87 bits per heavy atom. The fourth-order valence-corrected chi connectivity index (χ4v) is 6.42. The number of halogens is 3. The number of thioether (sulfide) groups is 1. The fourth-order valence-electron chi connectivity index (χ4n) is 4.06. The number of carbonyl (C=O) groups excluding carboxylic acids is 2. The van der Waals surface area contributed by atoms with Gasteiger partial charge in [0.05, 0.1) is 16.0 Å². The van der Waals surface area contributed by atoms with Crippen LogP contribution in [-0.2, 0) is 20.8 Å². The van der Waals surface area contributed by atoms with Gasteiger partial charge >= 0.3 is 6.18 Å². The van der Waals surface area contributed by atoms with E-state index in [1.165, 1.54) is 11.8 Å². The maximum atomic E-state index is 13.4. The summed E-state index contributed by atoms with van der Waals surface area (Å²) in [5, 5.41) is 0. The van der Waals surface area contributed by atoms with Crippen molar-refractivity contribution in [3.8, 4) is 0 Å². The van der Waals surface area contributed by atoms with Gasteiger partial charge in [-0.25, -0.2) is 8.42 Å². The highest BCUT2D eigenvalue weighted by Gasteiger charge is 2.44. The minimum absolute atomic E-state index is 0.0351. The van der Waals surface area contributed by atoms with Crippen molar-refractivity contribution in [2.75, 3.05) is 12.0 Å². The average Bonchev–Trinajstić information content (AvgIpc) is 3.09. The predicted octanol–water partition coefficient (Wildman–Crippen LogP) is 5.24. The van der Waals surface area contributed by atoms with Crippen LogP contribution in [0, 0.1) is 11.8 Å². The van der Waals surface area contributed by atoms with Crippen molar-refractivity contribution in [3.63, 3.8) is 0 Å². The summed E-state index contributed by atoms with van der Waals surface area (Å²) in [5.41, 5.74) is -0.660. The Bertz CT molecular complexity index is 1080. The summed E-state index contributed by atoms with van der Waals surface area (Å²) in [4.78, 5) is 26.4. The number of sulfone groups is 1. The number of benzene rings is 1. The first kappa shape index (κ1) is 23.8. The number of fused-ring (bicyclic) bond motifs is 2. The van der Waals surface area contributed by atoms with Gasteiger partial charge in [-0.05, 0) is 56.7 Å². The van der Waals surface area contributed by atoms with Crippen LogP contribution < -0.4 is 0 Å². The molecule has 0 aliphatic heterocycles. The normalized spacial score (nSPS) is 21.5. The molecule has 0 spiro atoms. The maximum absolute atomic E-state index is 13.4. The highest BCUT2D eigenvalue weighted by molar-refractivity contribution is 8.03. The van der Waals surface area contributed by atoms with Crippen LogP contribution in [0.15, 0.2) is 45.7 Å². The van der Waals surface area contributed by atoms with Crippen LogP contribution in [0.5, 0.6) is 0 Å². The molecule has 2 aliphatic rings. The molecule has 168 valence electrons. The number of Topliss-reactive ketones (excluding diaryl/α,β-unsaturated/α-hetero) is 2. The molecule has 2 aliphatic carbocycles. The van der Waals surface area contributed by atoms with Gasteiger partial charge in [0.25, 0.3) is 0 Å². The van der Waals surface area contributed by atoms with Crippen molar-refractivity contribution in [2.45, 2.75) is 43.7 Å². The molecule has 2 bridgehead atoms. The van der Waals surface area contributed by atoms with Gasteiger partial charge in [-0.2, -0.15) is 13.2 Å².